The summed E-state index contributed by atoms with van der Waals surface area (Å²) in [7, 11) is 1.60. The Morgan fingerprint density at radius 1 is 1.14 bits per heavy atom. The number of nitrogens with one attached hydrogen (secondary N) is 1. The number of aryl methyl sites for hydroxylation is 2. The zero-order valence-electron chi connectivity index (χ0n) is 16.4. The van der Waals surface area contributed by atoms with Crippen LogP contribution >= 0.6 is 0 Å². The van der Waals surface area contributed by atoms with E-state index in [0.29, 0.717) is 30.8 Å². The van der Waals surface area contributed by atoms with Crippen molar-refractivity contribution in [2.24, 2.45) is 0 Å². The van der Waals surface area contributed by atoms with Gasteiger partial charge in [-0.3, -0.25) is 14.5 Å². The Balaban J connectivity index is 1.45. The van der Waals surface area contributed by atoms with Gasteiger partial charge in [-0.15, -0.1) is 0 Å². The van der Waals surface area contributed by atoms with E-state index in [4.69, 9.17) is 4.74 Å². The number of ether oxygens (including phenoxy) is 1. The number of amides is 2. The van der Waals surface area contributed by atoms with Gasteiger partial charge in [0, 0.05) is 23.7 Å². The quantitative estimate of drug-likeness (QED) is 0.725. The summed E-state index contributed by atoms with van der Waals surface area (Å²) in [6, 6.07) is 16.4. The second-order valence-corrected chi connectivity index (χ2v) is 6.98. The van der Waals surface area contributed by atoms with Crippen molar-refractivity contribution in [1.82, 2.24) is 9.78 Å². The fourth-order valence-electron chi connectivity index (χ4n) is 3.37. The van der Waals surface area contributed by atoms with Gasteiger partial charge in [0.2, 0.25) is 5.91 Å². The van der Waals surface area contributed by atoms with Crippen molar-refractivity contribution in [3.8, 4) is 5.75 Å². The number of carbonyl (C=O) groups excluding carboxylic acids is 2. The van der Waals surface area contributed by atoms with Crippen LogP contribution < -0.4 is 15.0 Å². The molecule has 148 valence electrons. The molecule has 1 aliphatic rings. The zero-order chi connectivity index (χ0) is 20.4. The third-order valence-electron chi connectivity index (χ3n) is 4.90. The average Bonchev–Trinajstić information content (AvgIpc) is 3.12. The second kappa shape index (κ2) is 7.79. The number of fused-ring (bicyclic) bond motifs is 1. The molecule has 0 fully saturated rings. The Kier molecular flexibility index (Phi) is 5.03. The van der Waals surface area contributed by atoms with E-state index in [-0.39, 0.29) is 11.8 Å². The summed E-state index contributed by atoms with van der Waals surface area (Å²) in [5, 5.41) is 7.29. The highest BCUT2D eigenvalue weighted by Gasteiger charge is 2.25. The van der Waals surface area contributed by atoms with Crippen LogP contribution in [-0.2, 0) is 17.9 Å². The number of anilines is 2. The van der Waals surface area contributed by atoms with Crippen molar-refractivity contribution in [1.29, 1.82) is 0 Å². The van der Waals surface area contributed by atoms with E-state index in [1.807, 2.05) is 29.8 Å². The van der Waals surface area contributed by atoms with E-state index in [1.165, 1.54) is 0 Å². The molecule has 0 radical (unpaired) electrons. The summed E-state index contributed by atoms with van der Waals surface area (Å²) in [4.78, 5) is 26.6. The van der Waals surface area contributed by atoms with Crippen LogP contribution in [0.15, 0.2) is 54.6 Å². The molecular formula is C22H22N4O3. The second-order valence-electron chi connectivity index (χ2n) is 6.98. The maximum atomic E-state index is 12.5. The smallest absolute Gasteiger partial charge is 0.255 e. The van der Waals surface area contributed by atoms with E-state index in [1.54, 1.807) is 48.4 Å². The molecule has 1 N–H and O–H groups in total. The number of hydrogen-bond acceptors (Lipinski definition) is 4. The summed E-state index contributed by atoms with van der Waals surface area (Å²) in [5.41, 5.74) is 3.09. The number of nitrogens with zero attached hydrogens (tertiary/aromatic N) is 3. The molecule has 7 nitrogen and oxygen atoms in total. The lowest BCUT2D eigenvalue weighted by atomic mass is 10.1. The van der Waals surface area contributed by atoms with Gasteiger partial charge in [0.05, 0.1) is 25.9 Å². The van der Waals surface area contributed by atoms with Crippen molar-refractivity contribution in [2.45, 2.75) is 26.4 Å². The summed E-state index contributed by atoms with van der Waals surface area (Å²) in [6.45, 7) is 2.98. The molecule has 4 rings (SSSR count). The van der Waals surface area contributed by atoms with Gasteiger partial charge in [-0.05, 0) is 48.9 Å². The molecule has 0 spiro atoms. The third-order valence-corrected chi connectivity index (χ3v) is 4.90. The molecule has 1 aromatic heterocycles. The molecule has 1 aliphatic heterocycles. The molecule has 2 amide bonds. The minimum Gasteiger partial charge on any atom is -0.497 e. The van der Waals surface area contributed by atoms with Crippen LogP contribution in [0.5, 0.6) is 5.75 Å². The van der Waals surface area contributed by atoms with Crippen molar-refractivity contribution in [3.63, 3.8) is 0 Å². The summed E-state index contributed by atoms with van der Waals surface area (Å²) < 4.78 is 6.99. The van der Waals surface area contributed by atoms with Crippen LogP contribution in [0.4, 0.5) is 11.5 Å². The number of aromatic nitrogens is 2. The van der Waals surface area contributed by atoms with Crippen LogP contribution in [0, 0.1) is 6.92 Å². The summed E-state index contributed by atoms with van der Waals surface area (Å²) in [5.74, 6) is 1.44. The lowest BCUT2D eigenvalue weighted by Crippen LogP contribution is -2.36. The Labute approximate surface area is 168 Å². The van der Waals surface area contributed by atoms with Crippen LogP contribution in [-0.4, -0.2) is 28.7 Å². The minimum absolute atomic E-state index is 0.0822. The predicted octanol–water partition coefficient (Wildman–Crippen LogP) is 3.39. The van der Waals surface area contributed by atoms with Gasteiger partial charge in [-0.25, -0.2) is 4.68 Å². The van der Waals surface area contributed by atoms with Crippen molar-refractivity contribution in [2.75, 3.05) is 17.3 Å². The van der Waals surface area contributed by atoms with Gasteiger partial charge in [-0.1, -0.05) is 12.1 Å². The van der Waals surface area contributed by atoms with Gasteiger partial charge < -0.3 is 10.1 Å². The highest BCUT2D eigenvalue weighted by Crippen LogP contribution is 2.24. The molecule has 2 aromatic carbocycles. The fourth-order valence-corrected chi connectivity index (χ4v) is 3.37. The van der Waals surface area contributed by atoms with Crippen LogP contribution in [0.1, 0.15) is 28.0 Å². The number of methoxy groups -OCH3 is 1. The molecule has 0 bridgehead atoms. The first-order chi connectivity index (χ1) is 14.0. The Bertz CT molecular complexity index is 1040. The maximum absolute atomic E-state index is 12.5. The van der Waals surface area contributed by atoms with E-state index < -0.39 is 0 Å². The number of hydrogen-bond donors (Lipinski definition) is 1. The van der Waals surface area contributed by atoms with E-state index in [2.05, 4.69) is 10.4 Å². The monoisotopic (exact) mass is 390 g/mol. The first-order valence-corrected chi connectivity index (χ1v) is 9.42. The van der Waals surface area contributed by atoms with Crippen LogP contribution in [0.3, 0.4) is 0 Å². The largest absolute Gasteiger partial charge is 0.497 e. The molecule has 0 aliphatic carbocycles. The van der Waals surface area contributed by atoms with Crippen LogP contribution in [0.25, 0.3) is 0 Å². The molecule has 29 heavy (non-hydrogen) atoms. The summed E-state index contributed by atoms with van der Waals surface area (Å²) >= 11 is 0. The predicted molar refractivity (Wildman–Crippen MR) is 110 cm³/mol. The fraction of sp³-hybridized carbons (Fsp3) is 0.227. The SMILES string of the molecule is COc1ccc(NC(=O)c2ccc(CN3C(=O)CCn4nc(C)cc43)cc2)cc1. The van der Waals surface area contributed by atoms with Crippen molar-refractivity contribution < 1.29 is 14.3 Å². The zero-order valence-corrected chi connectivity index (χ0v) is 16.4. The molecule has 0 atom stereocenters. The summed E-state index contributed by atoms with van der Waals surface area (Å²) in [6.07, 6.45) is 0.441. The van der Waals surface area contributed by atoms with Crippen molar-refractivity contribution >= 4 is 23.3 Å². The molecule has 0 saturated carbocycles. The number of rotatable bonds is 5. The van der Waals surface area contributed by atoms with Gasteiger partial charge in [0.1, 0.15) is 11.6 Å². The van der Waals surface area contributed by atoms with Gasteiger partial charge in [0.25, 0.3) is 5.91 Å². The number of benzene rings is 2. The minimum atomic E-state index is -0.190. The normalized spacial score (nSPS) is 13.2. The Morgan fingerprint density at radius 3 is 2.55 bits per heavy atom. The molecular weight excluding hydrogens is 368 g/mol. The molecule has 3 aromatic rings. The topological polar surface area (TPSA) is 76.5 Å². The van der Waals surface area contributed by atoms with E-state index in [0.717, 1.165) is 22.8 Å². The maximum Gasteiger partial charge on any atom is 0.255 e. The Morgan fingerprint density at radius 2 is 1.86 bits per heavy atom. The van der Waals surface area contributed by atoms with Crippen molar-refractivity contribution in [3.05, 3.63) is 71.4 Å². The first-order valence-electron chi connectivity index (χ1n) is 9.42. The highest BCUT2D eigenvalue weighted by atomic mass is 16.5. The van der Waals surface area contributed by atoms with E-state index >= 15 is 0 Å². The lowest BCUT2D eigenvalue weighted by Gasteiger charge is -2.27. The van der Waals surface area contributed by atoms with Crippen LogP contribution in [0.2, 0.25) is 0 Å². The lowest BCUT2D eigenvalue weighted by molar-refractivity contribution is -0.119. The Hall–Kier alpha value is -3.61. The third kappa shape index (κ3) is 3.99. The van der Waals surface area contributed by atoms with Gasteiger partial charge in [0.15, 0.2) is 0 Å². The van der Waals surface area contributed by atoms with Gasteiger partial charge in [-0.2, -0.15) is 5.10 Å². The average molecular weight is 390 g/mol. The molecule has 2 heterocycles. The first kappa shape index (κ1) is 18.7. The highest BCUT2D eigenvalue weighted by molar-refractivity contribution is 6.04. The molecule has 7 heteroatoms. The van der Waals surface area contributed by atoms with Gasteiger partial charge >= 0.3 is 0 Å². The standard InChI is InChI=1S/C22H22N4O3/c1-15-13-20-25(21(27)11-12-26(20)24-15)14-16-3-5-17(6-4-16)22(28)23-18-7-9-19(29-2)10-8-18/h3-10,13H,11-12,14H2,1-2H3,(H,23,28). The van der Waals surface area contributed by atoms with E-state index in [9.17, 15) is 9.59 Å². The molecule has 0 unspecified atom stereocenters. The number of carbonyl (C=O) groups is 2. The molecule has 0 saturated heterocycles.